The van der Waals surface area contributed by atoms with Crippen LogP contribution in [0.4, 0.5) is 5.95 Å². The highest BCUT2D eigenvalue weighted by Crippen LogP contribution is 2.20. The summed E-state index contributed by atoms with van der Waals surface area (Å²) in [6.45, 7) is 2.35. The number of fused-ring (bicyclic) bond motifs is 1. The summed E-state index contributed by atoms with van der Waals surface area (Å²) >= 11 is 0. The van der Waals surface area contributed by atoms with Crippen LogP contribution in [0.2, 0.25) is 0 Å². The Morgan fingerprint density at radius 2 is 2.08 bits per heavy atom. The van der Waals surface area contributed by atoms with Gasteiger partial charge in [-0.2, -0.15) is 0 Å². The molecule has 6 nitrogen and oxygen atoms in total. The van der Waals surface area contributed by atoms with Crippen LogP contribution < -0.4 is 10.6 Å². The second kappa shape index (κ2) is 7.66. The largest absolute Gasteiger partial charge is 0.392 e. The zero-order valence-electron chi connectivity index (χ0n) is 14.2. The second-order valence-corrected chi connectivity index (χ2v) is 6.64. The lowest BCUT2D eigenvalue weighted by Crippen LogP contribution is -2.38. The second-order valence-electron chi connectivity index (χ2n) is 6.64. The number of anilines is 1. The van der Waals surface area contributed by atoms with Gasteiger partial charge in [0.15, 0.2) is 0 Å². The Kier molecular flexibility index (Phi) is 5.35. The molecule has 0 aliphatic heterocycles. The molecule has 1 fully saturated rings. The van der Waals surface area contributed by atoms with Crippen LogP contribution in [0.15, 0.2) is 24.3 Å². The monoisotopic (exact) mass is 330 g/mol. The topological polar surface area (TPSA) is 79.2 Å². The van der Waals surface area contributed by atoms with Crippen molar-refractivity contribution in [3.63, 3.8) is 0 Å². The zero-order valence-corrected chi connectivity index (χ0v) is 14.2. The van der Waals surface area contributed by atoms with Gasteiger partial charge in [0.05, 0.1) is 17.1 Å². The summed E-state index contributed by atoms with van der Waals surface area (Å²) in [7, 11) is 0. The zero-order chi connectivity index (χ0) is 16.9. The van der Waals surface area contributed by atoms with E-state index in [2.05, 4.69) is 15.6 Å². The predicted molar refractivity (Wildman–Crippen MR) is 94.9 cm³/mol. The maximum absolute atomic E-state index is 12.5. The van der Waals surface area contributed by atoms with Crippen LogP contribution >= 0.6 is 0 Å². The molecule has 1 aromatic carbocycles. The first-order valence-electron chi connectivity index (χ1n) is 8.80. The predicted octanol–water partition coefficient (Wildman–Crippen LogP) is 2.28. The quantitative estimate of drug-likeness (QED) is 0.759. The first kappa shape index (κ1) is 16.8. The highest BCUT2D eigenvalue weighted by atomic mass is 16.3. The van der Waals surface area contributed by atoms with E-state index in [9.17, 15) is 9.90 Å². The van der Waals surface area contributed by atoms with E-state index in [1.54, 1.807) is 6.92 Å². The molecule has 24 heavy (non-hydrogen) atoms. The molecule has 0 bridgehead atoms. The highest BCUT2D eigenvalue weighted by Gasteiger charge is 2.18. The summed E-state index contributed by atoms with van der Waals surface area (Å²) in [4.78, 5) is 17.0. The van der Waals surface area contributed by atoms with Crippen LogP contribution in [0.1, 0.15) is 39.0 Å². The van der Waals surface area contributed by atoms with Gasteiger partial charge in [0, 0.05) is 12.6 Å². The van der Waals surface area contributed by atoms with Gasteiger partial charge in [-0.25, -0.2) is 4.98 Å². The number of amides is 1. The first-order chi connectivity index (χ1) is 11.6. The van der Waals surface area contributed by atoms with E-state index in [1.807, 2.05) is 28.8 Å². The van der Waals surface area contributed by atoms with E-state index in [4.69, 9.17) is 0 Å². The van der Waals surface area contributed by atoms with Crippen molar-refractivity contribution < 1.29 is 9.90 Å². The lowest BCUT2D eigenvalue weighted by atomic mass is 9.95. The van der Waals surface area contributed by atoms with Gasteiger partial charge in [-0.3, -0.25) is 4.79 Å². The number of benzene rings is 1. The van der Waals surface area contributed by atoms with Gasteiger partial charge in [-0.15, -0.1) is 0 Å². The van der Waals surface area contributed by atoms with Crippen LogP contribution in [0.25, 0.3) is 11.0 Å². The van der Waals surface area contributed by atoms with Crippen LogP contribution in [-0.2, 0) is 11.3 Å². The van der Waals surface area contributed by atoms with E-state index in [0.717, 1.165) is 23.9 Å². The minimum atomic E-state index is -0.477. The SMILES string of the molecule is CC(O)CNc1nc2ccccc2n1CC(=O)NC1CCCCC1. The molecule has 0 saturated heterocycles. The van der Waals surface area contributed by atoms with Crippen molar-refractivity contribution in [2.24, 2.45) is 0 Å². The highest BCUT2D eigenvalue weighted by molar-refractivity contribution is 5.83. The van der Waals surface area contributed by atoms with Crippen molar-refractivity contribution in [3.05, 3.63) is 24.3 Å². The molecule has 1 aromatic heterocycles. The fourth-order valence-corrected chi connectivity index (χ4v) is 3.27. The molecule has 1 aliphatic rings. The van der Waals surface area contributed by atoms with Gasteiger partial charge in [0.2, 0.25) is 11.9 Å². The lowest BCUT2D eigenvalue weighted by molar-refractivity contribution is -0.122. The normalized spacial score (nSPS) is 16.9. The number of para-hydroxylation sites is 2. The molecule has 1 unspecified atom stereocenters. The number of aliphatic hydroxyl groups is 1. The van der Waals surface area contributed by atoms with Crippen molar-refractivity contribution in [3.8, 4) is 0 Å². The molecule has 130 valence electrons. The summed E-state index contributed by atoms with van der Waals surface area (Å²) in [5, 5.41) is 15.8. The molecule has 3 N–H and O–H groups in total. The lowest BCUT2D eigenvalue weighted by Gasteiger charge is -2.23. The molecule has 1 saturated carbocycles. The van der Waals surface area contributed by atoms with Crippen molar-refractivity contribution in [1.29, 1.82) is 0 Å². The number of hydrogen-bond acceptors (Lipinski definition) is 4. The number of carbonyl (C=O) groups excluding carboxylic acids is 1. The number of nitrogens with zero attached hydrogens (tertiary/aromatic N) is 2. The maximum Gasteiger partial charge on any atom is 0.240 e. The Morgan fingerprint density at radius 1 is 1.33 bits per heavy atom. The van der Waals surface area contributed by atoms with Gasteiger partial charge in [0.1, 0.15) is 6.54 Å². The third kappa shape index (κ3) is 4.06. The van der Waals surface area contributed by atoms with Gasteiger partial charge in [-0.1, -0.05) is 31.4 Å². The van der Waals surface area contributed by atoms with Gasteiger partial charge in [-0.05, 0) is 31.9 Å². The minimum absolute atomic E-state index is 0.0187. The van der Waals surface area contributed by atoms with Crippen LogP contribution in [0.5, 0.6) is 0 Å². The van der Waals surface area contributed by atoms with Crippen LogP contribution in [0, 0.1) is 0 Å². The number of nitrogens with one attached hydrogen (secondary N) is 2. The van der Waals surface area contributed by atoms with E-state index in [0.29, 0.717) is 18.5 Å². The molecule has 0 spiro atoms. The van der Waals surface area contributed by atoms with Gasteiger partial charge >= 0.3 is 0 Å². The molecule has 6 heteroatoms. The number of rotatable bonds is 6. The fourth-order valence-electron chi connectivity index (χ4n) is 3.27. The summed E-state index contributed by atoms with van der Waals surface area (Å²) < 4.78 is 1.88. The minimum Gasteiger partial charge on any atom is -0.392 e. The number of aliphatic hydroxyl groups excluding tert-OH is 1. The third-order valence-electron chi connectivity index (χ3n) is 4.48. The van der Waals surface area contributed by atoms with Gasteiger partial charge < -0.3 is 20.3 Å². The van der Waals surface area contributed by atoms with E-state index in [1.165, 1.54) is 19.3 Å². The molecule has 3 rings (SSSR count). The molecule has 2 aromatic rings. The molecule has 1 atom stereocenters. The molecule has 1 aliphatic carbocycles. The Morgan fingerprint density at radius 3 is 2.83 bits per heavy atom. The summed E-state index contributed by atoms with van der Waals surface area (Å²) in [6, 6.07) is 8.07. The number of imidazole rings is 1. The van der Waals surface area contributed by atoms with Crippen molar-refractivity contribution in [2.75, 3.05) is 11.9 Å². The number of aromatic nitrogens is 2. The molecule has 1 amide bonds. The Balaban J connectivity index is 1.75. The molecule has 0 radical (unpaired) electrons. The standard InChI is InChI=1S/C18H26N4O2/c1-13(23)11-19-18-21-15-9-5-6-10-16(15)22(18)12-17(24)20-14-7-3-2-4-8-14/h5-6,9-10,13-14,23H,2-4,7-8,11-12H2,1H3,(H,19,21)(H,20,24). The number of carbonyl (C=O) groups is 1. The first-order valence-corrected chi connectivity index (χ1v) is 8.80. The summed E-state index contributed by atoms with van der Waals surface area (Å²) in [5.74, 6) is 0.640. The Labute approximate surface area is 142 Å². The van der Waals surface area contributed by atoms with Crippen molar-refractivity contribution in [2.45, 2.75) is 57.7 Å². The average molecular weight is 330 g/mol. The molecular formula is C18H26N4O2. The van der Waals surface area contributed by atoms with Gasteiger partial charge in [0.25, 0.3) is 0 Å². The smallest absolute Gasteiger partial charge is 0.240 e. The molecular weight excluding hydrogens is 304 g/mol. The van der Waals surface area contributed by atoms with Crippen molar-refractivity contribution >= 4 is 22.9 Å². The summed E-state index contributed by atoms with van der Waals surface area (Å²) in [6.07, 6.45) is 5.33. The summed E-state index contributed by atoms with van der Waals surface area (Å²) in [5.41, 5.74) is 1.76. The van der Waals surface area contributed by atoms with Crippen molar-refractivity contribution in [1.82, 2.24) is 14.9 Å². The van der Waals surface area contributed by atoms with Crippen LogP contribution in [0.3, 0.4) is 0 Å². The average Bonchev–Trinajstić information content (AvgIpc) is 2.91. The van der Waals surface area contributed by atoms with E-state index < -0.39 is 6.10 Å². The maximum atomic E-state index is 12.5. The molecule has 1 heterocycles. The van der Waals surface area contributed by atoms with E-state index in [-0.39, 0.29) is 12.5 Å². The Bertz CT molecular complexity index is 689. The van der Waals surface area contributed by atoms with Crippen LogP contribution in [-0.4, -0.2) is 39.3 Å². The fraction of sp³-hybridized carbons (Fsp3) is 0.556. The Hall–Kier alpha value is -2.08. The van der Waals surface area contributed by atoms with E-state index >= 15 is 0 Å². The third-order valence-corrected chi connectivity index (χ3v) is 4.48. The number of hydrogen-bond donors (Lipinski definition) is 3.